The van der Waals surface area contributed by atoms with E-state index in [1.54, 1.807) is 0 Å². The van der Waals surface area contributed by atoms with Crippen LogP contribution in [-0.4, -0.2) is 50.8 Å². The molecular weight excluding hydrogens is 530 g/mol. The highest BCUT2D eigenvalue weighted by Crippen LogP contribution is 2.56. The number of nitrogens with one attached hydrogen (secondary N) is 2. The van der Waals surface area contributed by atoms with Crippen LogP contribution in [0.1, 0.15) is 47.8 Å². The zero-order valence-corrected chi connectivity index (χ0v) is 20.8. The van der Waals surface area contributed by atoms with Crippen molar-refractivity contribution < 1.29 is 32.2 Å². The molecule has 2 bridgehead atoms. The number of nitrogens with zero attached hydrogens (tertiary/aromatic N) is 2. The molecule has 4 N–H and O–H groups in total. The average Bonchev–Trinajstić information content (AvgIpc) is 3.43. The lowest BCUT2D eigenvalue weighted by Gasteiger charge is -2.44. The number of carbonyl (C=O) groups excluding carboxylic acids is 1. The Morgan fingerprint density at radius 2 is 1.84 bits per heavy atom. The van der Waals surface area contributed by atoms with Gasteiger partial charge in [0.15, 0.2) is 21.5 Å². The van der Waals surface area contributed by atoms with Gasteiger partial charge in [-0.3, -0.25) is 4.79 Å². The van der Waals surface area contributed by atoms with Crippen molar-refractivity contribution in [2.24, 2.45) is 11.8 Å². The molecule has 13 heteroatoms. The van der Waals surface area contributed by atoms with Crippen molar-refractivity contribution in [2.75, 3.05) is 5.32 Å². The standard InChI is InChI=1S/C24H23ClF2N4O5S/c25-17-5-1-12(23(33)29-15-4-6-18(26)19(27)10-15)7-21(17)37(35,36)16-8-13-2-3-14(9-16)24(13,34)22(32)20-11-28-31-30-20/h1,4-7,10-11,13-14,16,22,32,34H,2-3,8-9H2,(H,29,33)(H,28,30,31)/t13-,14+,16?,22?,24?. The number of benzene rings is 2. The molecule has 0 spiro atoms. The summed E-state index contributed by atoms with van der Waals surface area (Å²) in [6.07, 6.45) is 1.25. The fraction of sp³-hybridized carbons (Fsp3) is 0.375. The number of sulfone groups is 1. The zero-order valence-electron chi connectivity index (χ0n) is 19.2. The predicted molar refractivity (Wildman–Crippen MR) is 128 cm³/mol. The Labute approximate surface area is 215 Å². The summed E-state index contributed by atoms with van der Waals surface area (Å²) >= 11 is 6.26. The molecule has 1 heterocycles. The van der Waals surface area contributed by atoms with E-state index in [0.29, 0.717) is 12.8 Å². The lowest BCUT2D eigenvalue weighted by atomic mass is 9.70. The van der Waals surface area contributed by atoms with Gasteiger partial charge in [-0.25, -0.2) is 17.2 Å². The molecule has 1 amide bonds. The maximum atomic E-state index is 13.7. The molecule has 2 fully saturated rings. The average molecular weight is 553 g/mol. The highest BCUT2D eigenvalue weighted by atomic mass is 35.5. The molecule has 0 radical (unpaired) electrons. The summed E-state index contributed by atoms with van der Waals surface area (Å²) in [6.45, 7) is 0. The molecule has 37 heavy (non-hydrogen) atoms. The van der Waals surface area contributed by atoms with Gasteiger partial charge in [0.2, 0.25) is 0 Å². The second kappa shape index (κ2) is 9.43. The molecule has 2 saturated carbocycles. The molecule has 196 valence electrons. The molecular formula is C24H23ClF2N4O5S. The minimum absolute atomic E-state index is 0.00271. The predicted octanol–water partition coefficient (Wildman–Crippen LogP) is 3.42. The minimum atomic E-state index is -4.04. The molecule has 1 aromatic heterocycles. The molecule has 5 atom stereocenters. The van der Waals surface area contributed by atoms with Crippen LogP contribution in [0.3, 0.4) is 0 Å². The number of aliphatic hydroxyl groups is 2. The van der Waals surface area contributed by atoms with E-state index < -0.39 is 56.2 Å². The first-order chi connectivity index (χ1) is 17.5. The van der Waals surface area contributed by atoms with Crippen LogP contribution in [0.4, 0.5) is 14.5 Å². The topological polar surface area (TPSA) is 145 Å². The molecule has 0 saturated heterocycles. The lowest BCUT2D eigenvalue weighted by Crippen LogP contribution is -2.52. The highest BCUT2D eigenvalue weighted by Gasteiger charge is 2.59. The van der Waals surface area contributed by atoms with E-state index in [-0.39, 0.29) is 39.7 Å². The lowest BCUT2D eigenvalue weighted by molar-refractivity contribution is -0.145. The summed E-state index contributed by atoms with van der Waals surface area (Å²) in [5.74, 6) is -3.95. The maximum Gasteiger partial charge on any atom is 0.255 e. The number of aromatic amines is 1. The zero-order chi connectivity index (χ0) is 26.5. The van der Waals surface area contributed by atoms with Crippen molar-refractivity contribution in [1.82, 2.24) is 15.4 Å². The van der Waals surface area contributed by atoms with Crippen molar-refractivity contribution in [3.63, 3.8) is 0 Å². The van der Waals surface area contributed by atoms with Crippen LogP contribution in [0.15, 0.2) is 47.5 Å². The molecule has 2 aliphatic carbocycles. The molecule has 0 aliphatic heterocycles. The van der Waals surface area contributed by atoms with Crippen LogP contribution >= 0.6 is 11.6 Å². The first-order valence-electron chi connectivity index (χ1n) is 11.6. The Bertz CT molecular complexity index is 1440. The number of fused-ring (bicyclic) bond motifs is 2. The van der Waals surface area contributed by atoms with E-state index in [0.717, 1.165) is 18.2 Å². The number of anilines is 1. The number of aliphatic hydroxyl groups excluding tert-OH is 1. The number of amides is 1. The number of halogens is 3. The van der Waals surface area contributed by atoms with Crippen LogP contribution in [0.5, 0.6) is 0 Å². The summed E-state index contributed by atoms with van der Waals surface area (Å²) in [4.78, 5) is 12.5. The summed E-state index contributed by atoms with van der Waals surface area (Å²) in [6, 6.07) is 6.62. The van der Waals surface area contributed by atoms with E-state index >= 15 is 0 Å². The van der Waals surface area contributed by atoms with E-state index in [1.807, 2.05) is 0 Å². The summed E-state index contributed by atoms with van der Waals surface area (Å²) < 4.78 is 54.0. The van der Waals surface area contributed by atoms with E-state index in [4.69, 9.17) is 11.6 Å². The monoisotopic (exact) mass is 552 g/mol. The smallest absolute Gasteiger partial charge is 0.255 e. The molecule has 3 unspecified atom stereocenters. The van der Waals surface area contributed by atoms with Gasteiger partial charge in [0, 0.05) is 17.3 Å². The number of hydrogen-bond donors (Lipinski definition) is 4. The SMILES string of the molecule is O=C(Nc1ccc(F)c(F)c1)c1ccc(Cl)c(S(=O)(=O)C2C[C@H]3CC[C@@H](C2)C3(O)C(O)c2cn[nH]n2)c1. The van der Waals surface area contributed by atoms with Gasteiger partial charge in [0.1, 0.15) is 17.4 Å². The Balaban J connectivity index is 1.39. The van der Waals surface area contributed by atoms with Gasteiger partial charge in [-0.05, 0) is 67.9 Å². The van der Waals surface area contributed by atoms with Gasteiger partial charge in [-0.2, -0.15) is 15.4 Å². The summed E-state index contributed by atoms with van der Waals surface area (Å²) in [7, 11) is -4.04. The number of carbonyl (C=O) groups is 1. The second-order valence-electron chi connectivity index (χ2n) is 9.52. The molecule has 5 rings (SSSR count). The number of rotatable bonds is 6. The van der Waals surface area contributed by atoms with Crippen LogP contribution in [0.2, 0.25) is 5.02 Å². The van der Waals surface area contributed by atoms with Crippen molar-refractivity contribution in [3.8, 4) is 0 Å². The first kappa shape index (κ1) is 25.7. The second-order valence-corrected chi connectivity index (χ2v) is 12.1. The van der Waals surface area contributed by atoms with Crippen LogP contribution < -0.4 is 5.32 Å². The van der Waals surface area contributed by atoms with Crippen LogP contribution in [0.25, 0.3) is 0 Å². The fourth-order valence-electron chi connectivity index (χ4n) is 5.64. The highest BCUT2D eigenvalue weighted by molar-refractivity contribution is 7.92. The Hall–Kier alpha value is -2.93. The van der Waals surface area contributed by atoms with E-state index in [2.05, 4.69) is 20.7 Å². The molecule has 2 aromatic carbocycles. The van der Waals surface area contributed by atoms with E-state index in [9.17, 15) is 32.2 Å². The Kier molecular flexibility index (Phi) is 6.55. The van der Waals surface area contributed by atoms with Gasteiger partial charge in [0.05, 0.1) is 21.4 Å². The third kappa shape index (κ3) is 4.41. The summed E-state index contributed by atoms with van der Waals surface area (Å²) in [5, 5.41) is 33.7. The quantitative estimate of drug-likeness (QED) is 0.366. The third-order valence-electron chi connectivity index (χ3n) is 7.53. The fourth-order valence-corrected chi connectivity index (χ4v) is 8.04. The molecule has 9 nitrogen and oxygen atoms in total. The number of aromatic nitrogens is 3. The van der Waals surface area contributed by atoms with Crippen molar-refractivity contribution in [1.29, 1.82) is 0 Å². The molecule has 3 aromatic rings. The van der Waals surface area contributed by atoms with Gasteiger partial charge in [-0.1, -0.05) is 11.6 Å². The van der Waals surface area contributed by atoms with Gasteiger partial charge in [-0.15, -0.1) is 0 Å². The minimum Gasteiger partial charge on any atom is -0.386 e. The van der Waals surface area contributed by atoms with Crippen LogP contribution in [-0.2, 0) is 9.84 Å². The summed E-state index contributed by atoms with van der Waals surface area (Å²) in [5.41, 5.74) is -1.40. The van der Waals surface area contributed by atoms with Crippen molar-refractivity contribution in [3.05, 3.63) is 70.5 Å². The normalized spacial score (nSPS) is 26.1. The number of H-pyrrole nitrogens is 1. The Morgan fingerprint density at radius 1 is 1.14 bits per heavy atom. The Morgan fingerprint density at radius 3 is 2.46 bits per heavy atom. The van der Waals surface area contributed by atoms with Gasteiger partial charge in [0.25, 0.3) is 5.91 Å². The van der Waals surface area contributed by atoms with Crippen molar-refractivity contribution in [2.45, 2.75) is 47.5 Å². The van der Waals surface area contributed by atoms with Crippen molar-refractivity contribution >= 4 is 33.0 Å². The largest absolute Gasteiger partial charge is 0.386 e. The van der Waals surface area contributed by atoms with E-state index in [1.165, 1.54) is 24.4 Å². The molecule has 2 aliphatic rings. The van der Waals surface area contributed by atoms with Gasteiger partial charge < -0.3 is 15.5 Å². The third-order valence-corrected chi connectivity index (χ3v) is 10.2. The first-order valence-corrected chi connectivity index (χ1v) is 13.5. The maximum absolute atomic E-state index is 13.7. The van der Waals surface area contributed by atoms with Gasteiger partial charge >= 0.3 is 0 Å². The number of hydrogen-bond acceptors (Lipinski definition) is 7. The van der Waals surface area contributed by atoms with Crippen LogP contribution in [0, 0.1) is 23.5 Å².